The number of fused-ring (bicyclic) bond motifs is 1. The zero-order valence-electron chi connectivity index (χ0n) is 10.8. The third-order valence-electron chi connectivity index (χ3n) is 3.02. The summed E-state index contributed by atoms with van der Waals surface area (Å²) in [6.07, 6.45) is 0. The number of anilines is 1. The maximum absolute atomic E-state index is 10.9. The summed E-state index contributed by atoms with van der Waals surface area (Å²) in [6, 6.07) is 11.6. The van der Waals surface area contributed by atoms with Crippen LogP contribution in [0.15, 0.2) is 46.9 Å². The van der Waals surface area contributed by atoms with E-state index in [0.717, 1.165) is 0 Å². The van der Waals surface area contributed by atoms with E-state index in [4.69, 9.17) is 4.42 Å². The molecule has 0 bridgehead atoms. The van der Waals surface area contributed by atoms with Gasteiger partial charge in [-0.2, -0.15) is 4.98 Å². The molecule has 3 rings (SSSR count). The van der Waals surface area contributed by atoms with Gasteiger partial charge in [-0.05, 0) is 12.1 Å². The number of nitrogens with zero attached hydrogens (tertiary/aromatic N) is 2. The van der Waals surface area contributed by atoms with Crippen molar-refractivity contribution in [3.8, 4) is 5.75 Å². The van der Waals surface area contributed by atoms with Crippen molar-refractivity contribution in [2.45, 2.75) is 6.54 Å². The van der Waals surface area contributed by atoms with Gasteiger partial charge in [-0.25, -0.2) is 0 Å². The lowest BCUT2D eigenvalue weighted by Crippen LogP contribution is -1.99. The van der Waals surface area contributed by atoms with Crippen LogP contribution in [0.2, 0.25) is 0 Å². The minimum Gasteiger partial charge on any atom is -0.508 e. The summed E-state index contributed by atoms with van der Waals surface area (Å²) in [5.74, 6) is 0.159. The fourth-order valence-electron chi connectivity index (χ4n) is 1.99. The monoisotopic (exact) mass is 285 g/mol. The molecule has 21 heavy (non-hydrogen) atoms. The van der Waals surface area contributed by atoms with Gasteiger partial charge in [0, 0.05) is 18.2 Å². The molecule has 0 saturated carbocycles. The number of non-ortho nitro benzene ring substituents is 1. The summed E-state index contributed by atoms with van der Waals surface area (Å²) >= 11 is 0. The van der Waals surface area contributed by atoms with Crippen molar-refractivity contribution in [1.29, 1.82) is 0 Å². The van der Waals surface area contributed by atoms with Crippen molar-refractivity contribution in [3.05, 3.63) is 58.1 Å². The Morgan fingerprint density at radius 3 is 2.81 bits per heavy atom. The lowest BCUT2D eigenvalue weighted by Gasteiger charge is -2.03. The molecular weight excluding hydrogens is 274 g/mol. The van der Waals surface area contributed by atoms with Crippen molar-refractivity contribution in [2.24, 2.45) is 0 Å². The van der Waals surface area contributed by atoms with E-state index in [9.17, 15) is 15.2 Å². The number of phenols is 1. The number of nitro groups is 1. The SMILES string of the molecule is O=[N+]([O-])c1cccc2oc(NCc3ccccc3O)nc12. The fraction of sp³-hybridized carbons (Fsp3) is 0.0714. The average molecular weight is 285 g/mol. The van der Waals surface area contributed by atoms with Crippen molar-refractivity contribution in [3.63, 3.8) is 0 Å². The van der Waals surface area contributed by atoms with E-state index in [-0.39, 0.29) is 23.0 Å². The number of aromatic hydroxyl groups is 1. The number of hydrogen-bond acceptors (Lipinski definition) is 6. The van der Waals surface area contributed by atoms with Gasteiger partial charge < -0.3 is 14.8 Å². The Kier molecular flexibility index (Phi) is 3.15. The largest absolute Gasteiger partial charge is 0.508 e. The molecule has 0 radical (unpaired) electrons. The van der Waals surface area contributed by atoms with E-state index in [1.807, 2.05) is 0 Å². The number of aromatic nitrogens is 1. The first-order valence-corrected chi connectivity index (χ1v) is 6.20. The first-order chi connectivity index (χ1) is 10.1. The van der Waals surface area contributed by atoms with Gasteiger partial charge in [-0.3, -0.25) is 10.1 Å². The van der Waals surface area contributed by atoms with E-state index in [2.05, 4.69) is 10.3 Å². The number of phenolic OH excluding ortho intramolecular Hbond substituents is 1. The summed E-state index contributed by atoms with van der Waals surface area (Å²) < 4.78 is 5.41. The predicted molar refractivity (Wildman–Crippen MR) is 76.1 cm³/mol. The maximum Gasteiger partial charge on any atom is 0.298 e. The van der Waals surface area contributed by atoms with Crippen LogP contribution >= 0.6 is 0 Å². The lowest BCUT2D eigenvalue weighted by atomic mass is 10.2. The molecule has 106 valence electrons. The normalized spacial score (nSPS) is 10.7. The number of hydrogen-bond donors (Lipinski definition) is 2. The molecule has 0 aliphatic carbocycles. The van der Waals surface area contributed by atoms with E-state index >= 15 is 0 Å². The molecule has 3 aromatic rings. The minimum atomic E-state index is -0.502. The van der Waals surface area contributed by atoms with Crippen LogP contribution in [0.3, 0.4) is 0 Å². The van der Waals surface area contributed by atoms with Gasteiger partial charge in [0.05, 0.1) is 4.92 Å². The number of nitrogens with one attached hydrogen (secondary N) is 1. The maximum atomic E-state index is 10.9. The molecule has 0 aliphatic rings. The van der Waals surface area contributed by atoms with Gasteiger partial charge in [0.15, 0.2) is 11.1 Å². The van der Waals surface area contributed by atoms with Crippen LogP contribution in [-0.2, 0) is 6.54 Å². The van der Waals surface area contributed by atoms with Crippen molar-refractivity contribution < 1.29 is 14.4 Å². The first-order valence-electron chi connectivity index (χ1n) is 6.20. The smallest absolute Gasteiger partial charge is 0.298 e. The summed E-state index contributed by atoms with van der Waals surface area (Å²) in [4.78, 5) is 14.5. The third-order valence-corrected chi connectivity index (χ3v) is 3.02. The van der Waals surface area contributed by atoms with Crippen LogP contribution in [0.1, 0.15) is 5.56 Å². The molecule has 0 aliphatic heterocycles. The highest BCUT2D eigenvalue weighted by atomic mass is 16.6. The van der Waals surface area contributed by atoms with Crippen LogP contribution in [0.4, 0.5) is 11.7 Å². The second-order valence-corrected chi connectivity index (χ2v) is 4.38. The lowest BCUT2D eigenvalue weighted by molar-refractivity contribution is -0.383. The van der Waals surface area contributed by atoms with Crippen LogP contribution in [0.25, 0.3) is 11.1 Å². The van der Waals surface area contributed by atoms with Gasteiger partial charge in [-0.1, -0.05) is 24.3 Å². The van der Waals surface area contributed by atoms with Crippen molar-refractivity contribution in [2.75, 3.05) is 5.32 Å². The van der Waals surface area contributed by atoms with Crippen LogP contribution < -0.4 is 5.32 Å². The zero-order valence-corrected chi connectivity index (χ0v) is 10.8. The first kappa shape index (κ1) is 12.9. The molecule has 1 heterocycles. The molecule has 2 aromatic carbocycles. The second kappa shape index (κ2) is 5.12. The summed E-state index contributed by atoms with van der Waals surface area (Å²) in [5, 5.41) is 23.5. The minimum absolute atomic E-state index is 0.105. The fourth-order valence-corrected chi connectivity index (χ4v) is 1.99. The van der Waals surface area contributed by atoms with Crippen molar-refractivity contribution in [1.82, 2.24) is 4.98 Å². The van der Waals surface area contributed by atoms with Gasteiger partial charge in [0.1, 0.15) is 5.75 Å². The highest BCUT2D eigenvalue weighted by molar-refractivity contribution is 5.83. The molecule has 1 aromatic heterocycles. The molecule has 7 nitrogen and oxygen atoms in total. The number of nitro benzene ring substituents is 1. The highest BCUT2D eigenvalue weighted by Crippen LogP contribution is 2.27. The van der Waals surface area contributed by atoms with E-state index in [1.165, 1.54) is 6.07 Å². The number of oxazole rings is 1. The zero-order chi connectivity index (χ0) is 14.8. The van der Waals surface area contributed by atoms with Gasteiger partial charge in [0.25, 0.3) is 11.7 Å². The molecule has 7 heteroatoms. The van der Waals surface area contributed by atoms with E-state index in [0.29, 0.717) is 17.7 Å². The Labute approximate surface area is 119 Å². The van der Waals surface area contributed by atoms with Gasteiger partial charge >= 0.3 is 0 Å². The van der Waals surface area contributed by atoms with Crippen LogP contribution in [-0.4, -0.2) is 15.0 Å². The Morgan fingerprint density at radius 2 is 2.05 bits per heavy atom. The second-order valence-electron chi connectivity index (χ2n) is 4.38. The van der Waals surface area contributed by atoms with Crippen molar-refractivity contribution >= 4 is 22.8 Å². The highest BCUT2D eigenvalue weighted by Gasteiger charge is 2.17. The Balaban J connectivity index is 1.87. The number of para-hydroxylation sites is 2. The van der Waals surface area contributed by atoms with E-state index in [1.54, 1.807) is 36.4 Å². The molecule has 0 fully saturated rings. The molecule has 0 spiro atoms. The molecule has 0 atom stereocenters. The average Bonchev–Trinajstić information content (AvgIpc) is 2.88. The quantitative estimate of drug-likeness (QED) is 0.564. The van der Waals surface area contributed by atoms with Crippen LogP contribution in [0, 0.1) is 10.1 Å². The summed E-state index contributed by atoms with van der Waals surface area (Å²) in [5.41, 5.74) is 1.10. The Hall–Kier alpha value is -3.09. The molecule has 0 unspecified atom stereocenters. The molecular formula is C14H11N3O4. The van der Waals surface area contributed by atoms with Gasteiger partial charge in [0.2, 0.25) is 0 Å². The number of benzene rings is 2. The van der Waals surface area contributed by atoms with Gasteiger partial charge in [-0.15, -0.1) is 0 Å². The summed E-state index contributed by atoms with van der Waals surface area (Å²) in [6.45, 7) is 0.299. The molecule has 2 N–H and O–H groups in total. The number of rotatable bonds is 4. The Bertz CT molecular complexity index is 813. The summed E-state index contributed by atoms with van der Waals surface area (Å²) in [7, 11) is 0. The van der Waals surface area contributed by atoms with Crippen LogP contribution in [0.5, 0.6) is 5.75 Å². The topological polar surface area (TPSA) is 101 Å². The Morgan fingerprint density at radius 1 is 1.24 bits per heavy atom. The molecule has 0 saturated heterocycles. The van der Waals surface area contributed by atoms with E-state index < -0.39 is 4.92 Å². The predicted octanol–water partition coefficient (Wildman–Crippen LogP) is 3.05. The third kappa shape index (κ3) is 2.48. The standard InChI is InChI=1S/C14H11N3O4/c18-11-6-2-1-4-9(11)8-15-14-16-13-10(17(19)20)5-3-7-12(13)21-14/h1-7,18H,8H2,(H,15,16). The molecule has 0 amide bonds.